The van der Waals surface area contributed by atoms with E-state index in [4.69, 9.17) is 0 Å². The largest absolute Gasteiger partial charge is 0.331 e. The number of carbonyl (C=O) groups is 1. The molecule has 0 aromatic carbocycles. The Morgan fingerprint density at radius 1 is 1.25 bits per heavy atom. The number of sulfonamides is 1. The van der Waals surface area contributed by atoms with Crippen LogP contribution in [0, 0.1) is 0 Å². The van der Waals surface area contributed by atoms with Crippen molar-refractivity contribution in [2.24, 2.45) is 0 Å². The summed E-state index contributed by atoms with van der Waals surface area (Å²) in [4.78, 5) is 14.7. The Morgan fingerprint density at radius 2 is 1.75 bits per heavy atom. The summed E-state index contributed by atoms with van der Waals surface area (Å²) >= 11 is 2.96. The van der Waals surface area contributed by atoms with E-state index in [0.717, 1.165) is 0 Å². The number of alkyl halides is 1. The monoisotopic (exact) mass is 313 g/mol. The fraction of sp³-hybridized carbons (Fsp3) is 0.875. The number of rotatable bonds is 2. The van der Waals surface area contributed by atoms with E-state index in [2.05, 4.69) is 15.9 Å². The number of hydrogen-bond donors (Lipinski definition) is 0. The molecule has 8 heteroatoms. The fourth-order valence-electron chi connectivity index (χ4n) is 1.51. The Bertz CT molecular complexity index is 350. The van der Waals surface area contributed by atoms with E-state index in [1.165, 1.54) is 9.21 Å². The lowest BCUT2D eigenvalue weighted by molar-refractivity contribution is 0.149. The van der Waals surface area contributed by atoms with Gasteiger partial charge in [0.05, 0.1) is 0 Å². The lowest BCUT2D eigenvalue weighted by Crippen LogP contribution is -2.52. The zero-order valence-electron chi connectivity index (χ0n) is 9.39. The summed E-state index contributed by atoms with van der Waals surface area (Å²) in [5.74, 6) is 0. The molecule has 0 N–H and O–H groups in total. The summed E-state index contributed by atoms with van der Waals surface area (Å²) in [5, 5.41) is 0. The number of halogens is 1. The van der Waals surface area contributed by atoms with Gasteiger partial charge in [0.15, 0.2) is 0 Å². The molecular formula is C8H16BrN3O3S. The second-order valence-corrected chi connectivity index (χ2v) is 7.06. The number of nitrogens with zero attached hydrogens (tertiary/aromatic N) is 3. The summed E-state index contributed by atoms with van der Waals surface area (Å²) < 4.78 is 24.4. The standard InChI is InChI=1S/C8H16BrN3O3S/c1-10(2)8(13)11-3-5-12(6-4-11)16(14,15)7-9/h3-7H2,1-2H3. The van der Waals surface area contributed by atoms with Crippen LogP contribution < -0.4 is 0 Å². The van der Waals surface area contributed by atoms with Crippen LogP contribution in [0.1, 0.15) is 0 Å². The van der Waals surface area contributed by atoms with Gasteiger partial charge in [-0.05, 0) is 0 Å². The molecular weight excluding hydrogens is 298 g/mol. The highest BCUT2D eigenvalue weighted by molar-refractivity contribution is 9.10. The lowest BCUT2D eigenvalue weighted by atomic mass is 10.4. The van der Waals surface area contributed by atoms with Crippen LogP contribution in [0.25, 0.3) is 0 Å². The van der Waals surface area contributed by atoms with Crippen molar-refractivity contribution < 1.29 is 13.2 Å². The first-order valence-corrected chi connectivity index (χ1v) is 7.61. The van der Waals surface area contributed by atoms with Crippen LogP contribution >= 0.6 is 15.9 Å². The number of piperazine rings is 1. The molecule has 1 heterocycles. The third kappa shape index (κ3) is 3.08. The molecule has 94 valence electrons. The molecule has 1 fully saturated rings. The number of hydrogen-bond acceptors (Lipinski definition) is 3. The lowest BCUT2D eigenvalue weighted by Gasteiger charge is -2.34. The van der Waals surface area contributed by atoms with Crippen molar-refractivity contribution in [2.45, 2.75) is 0 Å². The van der Waals surface area contributed by atoms with Crippen molar-refractivity contribution >= 4 is 32.0 Å². The van der Waals surface area contributed by atoms with Crippen LogP contribution in [0.4, 0.5) is 4.79 Å². The first kappa shape index (κ1) is 13.7. The Labute approximate surface area is 104 Å². The van der Waals surface area contributed by atoms with Gasteiger partial charge >= 0.3 is 6.03 Å². The predicted molar refractivity (Wildman–Crippen MR) is 64.9 cm³/mol. The molecule has 0 radical (unpaired) electrons. The minimum absolute atomic E-state index is 0.0678. The first-order chi connectivity index (χ1) is 7.38. The van der Waals surface area contributed by atoms with Crippen molar-refractivity contribution in [1.29, 1.82) is 0 Å². The smallest absolute Gasteiger partial charge is 0.319 e. The van der Waals surface area contributed by atoms with Gasteiger partial charge in [-0.2, -0.15) is 4.31 Å². The van der Waals surface area contributed by atoms with E-state index < -0.39 is 10.0 Å². The molecule has 0 spiro atoms. The minimum atomic E-state index is -3.19. The number of amides is 2. The number of urea groups is 1. The van der Waals surface area contributed by atoms with Crippen LogP contribution in [0.2, 0.25) is 0 Å². The molecule has 1 aliphatic rings. The molecule has 0 aromatic rings. The molecule has 6 nitrogen and oxygen atoms in total. The molecule has 0 saturated carbocycles. The zero-order chi connectivity index (χ0) is 12.3. The van der Waals surface area contributed by atoms with Crippen LogP contribution in [0.3, 0.4) is 0 Å². The van der Waals surface area contributed by atoms with Crippen molar-refractivity contribution in [3.8, 4) is 0 Å². The second-order valence-electron chi connectivity index (χ2n) is 3.78. The summed E-state index contributed by atoms with van der Waals surface area (Å²) in [7, 11) is 0.177. The van der Waals surface area contributed by atoms with E-state index in [9.17, 15) is 13.2 Å². The van der Waals surface area contributed by atoms with E-state index in [1.807, 2.05) is 0 Å². The highest BCUT2D eigenvalue weighted by Gasteiger charge is 2.28. The predicted octanol–water partition coefficient (Wildman–Crippen LogP) is -0.0322. The maximum absolute atomic E-state index is 11.6. The second kappa shape index (κ2) is 5.33. The molecule has 0 aliphatic carbocycles. The van der Waals surface area contributed by atoms with Gasteiger partial charge in [0.1, 0.15) is 4.66 Å². The van der Waals surface area contributed by atoms with Crippen LogP contribution in [0.15, 0.2) is 0 Å². The number of carbonyl (C=O) groups excluding carboxylic acids is 1. The van der Waals surface area contributed by atoms with Crippen molar-refractivity contribution in [3.63, 3.8) is 0 Å². The maximum atomic E-state index is 11.6. The highest BCUT2D eigenvalue weighted by Crippen LogP contribution is 2.10. The summed E-state index contributed by atoms with van der Waals surface area (Å²) in [6.45, 7) is 1.63. The van der Waals surface area contributed by atoms with E-state index >= 15 is 0 Å². The van der Waals surface area contributed by atoms with Crippen LogP contribution in [-0.4, -0.2) is 73.5 Å². The van der Waals surface area contributed by atoms with Crippen LogP contribution in [0.5, 0.6) is 0 Å². The molecule has 0 atom stereocenters. The summed E-state index contributed by atoms with van der Waals surface area (Å²) in [5.41, 5.74) is 0. The quantitative estimate of drug-likeness (QED) is 0.673. The SMILES string of the molecule is CN(C)C(=O)N1CCN(S(=O)(=O)CBr)CC1. The highest BCUT2D eigenvalue weighted by atomic mass is 79.9. The van der Waals surface area contributed by atoms with Gasteiger partial charge in [-0.15, -0.1) is 0 Å². The normalized spacial score (nSPS) is 18.6. The van der Waals surface area contributed by atoms with Gasteiger partial charge in [0, 0.05) is 40.3 Å². The Kier molecular flexibility index (Phi) is 4.57. The van der Waals surface area contributed by atoms with E-state index in [-0.39, 0.29) is 10.7 Å². The van der Waals surface area contributed by atoms with Gasteiger partial charge in [-0.25, -0.2) is 13.2 Å². The first-order valence-electron chi connectivity index (χ1n) is 4.88. The average Bonchev–Trinajstić information content (AvgIpc) is 2.28. The van der Waals surface area contributed by atoms with E-state index in [1.54, 1.807) is 19.0 Å². The van der Waals surface area contributed by atoms with Crippen molar-refractivity contribution in [1.82, 2.24) is 14.1 Å². The van der Waals surface area contributed by atoms with Gasteiger partial charge in [-0.3, -0.25) is 0 Å². The fourth-order valence-corrected chi connectivity index (χ4v) is 3.24. The van der Waals surface area contributed by atoms with E-state index in [0.29, 0.717) is 26.2 Å². The molecule has 0 bridgehead atoms. The summed E-state index contributed by atoms with van der Waals surface area (Å²) in [6.07, 6.45) is 0. The molecule has 16 heavy (non-hydrogen) atoms. The third-order valence-corrected chi connectivity index (χ3v) is 5.59. The Morgan fingerprint density at radius 3 is 2.12 bits per heavy atom. The van der Waals surface area contributed by atoms with Gasteiger partial charge in [0.25, 0.3) is 0 Å². The molecule has 2 amide bonds. The average molecular weight is 314 g/mol. The maximum Gasteiger partial charge on any atom is 0.319 e. The van der Waals surface area contributed by atoms with Gasteiger partial charge in [0.2, 0.25) is 10.0 Å². The Hall–Kier alpha value is -0.340. The zero-order valence-corrected chi connectivity index (χ0v) is 11.8. The Balaban J connectivity index is 2.55. The molecule has 1 aliphatic heterocycles. The topological polar surface area (TPSA) is 60.9 Å². The van der Waals surface area contributed by atoms with Gasteiger partial charge < -0.3 is 9.80 Å². The van der Waals surface area contributed by atoms with Crippen molar-refractivity contribution in [2.75, 3.05) is 44.9 Å². The molecule has 1 saturated heterocycles. The minimum Gasteiger partial charge on any atom is -0.331 e. The summed E-state index contributed by atoms with van der Waals surface area (Å²) in [6, 6.07) is -0.0732. The van der Waals surface area contributed by atoms with Crippen LogP contribution in [-0.2, 0) is 10.0 Å². The molecule has 0 aromatic heterocycles. The molecule has 1 rings (SSSR count). The van der Waals surface area contributed by atoms with Crippen molar-refractivity contribution in [3.05, 3.63) is 0 Å². The van der Waals surface area contributed by atoms with Gasteiger partial charge in [-0.1, -0.05) is 15.9 Å². The molecule has 0 unspecified atom stereocenters. The third-order valence-electron chi connectivity index (χ3n) is 2.42.